The van der Waals surface area contributed by atoms with Crippen LogP contribution in [0.2, 0.25) is 0 Å². The van der Waals surface area contributed by atoms with Gasteiger partial charge in [-0.25, -0.2) is 9.97 Å². The number of rotatable bonds is 9. The highest BCUT2D eigenvalue weighted by molar-refractivity contribution is 7.98. The zero-order valence-electron chi connectivity index (χ0n) is 23.5. The molecule has 1 fully saturated rings. The quantitative estimate of drug-likeness (QED) is 0.198. The van der Waals surface area contributed by atoms with Gasteiger partial charge in [-0.15, -0.1) is 0 Å². The Bertz CT molecular complexity index is 1180. The SMILES string of the molecule is CC(C)(C)OC(=O)C1CCC1.COc1cc(NCc2cnc(SC)nc2NC2=CNC=CC=C2)cc(OC)c1. The van der Waals surface area contributed by atoms with Crippen molar-refractivity contribution in [1.29, 1.82) is 0 Å². The third kappa shape index (κ3) is 9.86. The number of ether oxygens (including phenoxy) is 3. The highest BCUT2D eigenvalue weighted by Crippen LogP contribution is 2.29. The van der Waals surface area contributed by atoms with Crippen molar-refractivity contribution in [2.45, 2.75) is 57.3 Å². The summed E-state index contributed by atoms with van der Waals surface area (Å²) in [5.41, 5.74) is 2.41. The fourth-order valence-electron chi connectivity index (χ4n) is 3.53. The summed E-state index contributed by atoms with van der Waals surface area (Å²) in [5.74, 6) is 2.39. The Morgan fingerprint density at radius 3 is 2.44 bits per heavy atom. The first-order valence-electron chi connectivity index (χ1n) is 12.9. The molecular formula is C29H39N5O4S. The number of nitrogens with zero attached hydrogens (tertiary/aromatic N) is 2. The van der Waals surface area contributed by atoms with Gasteiger partial charge >= 0.3 is 5.97 Å². The lowest BCUT2D eigenvalue weighted by Crippen LogP contribution is -2.31. The van der Waals surface area contributed by atoms with Crippen molar-refractivity contribution in [3.05, 3.63) is 66.3 Å². The Morgan fingerprint density at radius 2 is 1.85 bits per heavy atom. The van der Waals surface area contributed by atoms with Gasteiger partial charge in [-0.2, -0.15) is 0 Å². The molecule has 0 atom stereocenters. The maximum Gasteiger partial charge on any atom is 0.309 e. The summed E-state index contributed by atoms with van der Waals surface area (Å²) >= 11 is 1.50. The van der Waals surface area contributed by atoms with Crippen LogP contribution in [0.5, 0.6) is 11.5 Å². The third-order valence-electron chi connectivity index (χ3n) is 5.79. The van der Waals surface area contributed by atoms with E-state index in [0.717, 1.165) is 47.1 Å². The summed E-state index contributed by atoms with van der Waals surface area (Å²) in [6, 6.07) is 5.66. The van der Waals surface area contributed by atoms with Crippen LogP contribution in [0.15, 0.2) is 65.9 Å². The first kappa shape index (κ1) is 29.9. The third-order valence-corrected chi connectivity index (χ3v) is 6.35. The molecule has 1 aromatic carbocycles. The first-order valence-corrected chi connectivity index (χ1v) is 14.1. The van der Waals surface area contributed by atoms with Crippen molar-refractivity contribution >= 4 is 29.2 Å². The molecule has 0 spiro atoms. The fraction of sp³-hybridized carbons (Fsp3) is 0.414. The van der Waals surface area contributed by atoms with Crippen LogP contribution in [0.25, 0.3) is 0 Å². The number of hydrogen-bond acceptors (Lipinski definition) is 10. The molecule has 1 aliphatic carbocycles. The molecule has 2 aliphatic rings. The molecule has 1 saturated carbocycles. The number of hydrogen-bond donors (Lipinski definition) is 3. The van der Waals surface area contributed by atoms with E-state index in [1.807, 2.05) is 82.1 Å². The van der Waals surface area contributed by atoms with Gasteiger partial charge in [0.05, 0.1) is 25.8 Å². The highest BCUT2D eigenvalue weighted by atomic mass is 32.2. The fourth-order valence-corrected chi connectivity index (χ4v) is 3.87. The molecule has 2 heterocycles. The number of anilines is 2. The average Bonchev–Trinajstić information content (AvgIpc) is 3.14. The largest absolute Gasteiger partial charge is 0.497 e. The molecule has 0 bridgehead atoms. The van der Waals surface area contributed by atoms with E-state index in [9.17, 15) is 4.79 Å². The minimum Gasteiger partial charge on any atom is -0.497 e. The lowest BCUT2D eigenvalue weighted by Gasteiger charge is -2.28. The van der Waals surface area contributed by atoms with E-state index < -0.39 is 0 Å². The molecule has 4 rings (SSSR count). The van der Waals surface area contributed by atoms with Gasteiger partial charge in [-0.1, -0.05) is 24.3 Å². The van der Waals surface area contributed by atoms with Crippen LogP contribution in [0.4, 0.5) is 11.5 Å². The highest BCUT2D eigenvalue weighted by Gasteiger charge is 2.29. The van der Waals surface area contributed by atoms with Crippen molar-refractivity contribution < 1.29 is 19.0 Å². The smallest absolute Gasteiger partial charge is 0.309 e. The van der Waals surface area contributed by atoms with E-state index in [4.69, 9.17) is 14.2 Å². The van der Waals surface area contributed by atoms with Crippen molar-refractivity contribution in [2.24, 2.45) is 5.92 Å². The summed E-state index contributed by atoms with van der Waals surface area (Å²) in [7, 11) is 3.26. The van der Waals surface area contributed by atoms with Crippen LogP contribution in [0.1, 0.15) is 45.6 Å². The Labute approximate surface area is 235 Å². The molecule has 2 aromatic rings. The van der Waals surface area contributed by atoms with E-state index in [2.05, 4.69) is 25.9 Å². The molecule has 9 nitrogen and oxygen atoms in total. The lowest BCUT2D eigenvalue weighted by molar-refractivity contribution is -0.162. The molecule has 210 valence electrons. The zero-order valence-corrected chi connectivity index (χ0v) is 24.4. The molecule has 0 saturated heterocycles. The van der Waals surface area contributed by atoms with Gasteiger partial charge in [-0.05, 0) is 52.0 Å². The van der Waals surface area contributed by atoms with Gasteiger partial charge in [0.2, 0.25) is 0 Å². The number of allylic oxidation sites excluding steroid dienone is 3. The van der Waals surface area contributed by atoms with Crippen molar-refractivity contribution in [1.82, 2.24) is 15.3 Å². The van der Waals surface area contributed by atoms with Crippen LogP contribution in [0.3, 0.4) is 0 Å². The number of carbonyl (C=O) groups is 1. The van der Waals surface area contributed by atoms with Gasteiger partial charge in [0.15, 0.2) is 5.16 Å². The molecule has 10 heteroatoms. The number of methoxy groups -OCH3 is 2. The summed E-state index contributed by atoms with van der Waals surface area (Å²) < 4.78 is 15.9. The summed E-state index contributed by atoms with van der Waals surface area (Å²) in [6.45, 7) is 6.26. The summed E-state index contributed by atoms with van der Waals surface area (Å²) in [6.07, 6.45) is 16.6. The van der Waals surface area contributed by atoms with E-state index in [-0.39, 0.29) is 17.5 Å². The Kier molecular flexibility index (Phi) is 11.1. The Balaban J connectivity index is 0.000000320. The number of carbonyl (C=O) groups excluding carboxylic acids is 1. The average molecular weight is 554 g/mol. The van der Waals surface area contributed by atoms with Crippen LogP contribution < -0.4 is 25.4 Å². The standard InChI is InChI=1S/C20H23N5O2S.C9H16O2/c1-26-17-8-16(9-18(10-17)27-2)22-11-14-12-23-20(28-3)25-19(14)24-15-6-4-5-7-21-13-15;1-9(2,3)11-8(10)7-5-4-6-7/h4-10,12-13,21-22H,11H2,1-3H3,(H,23,24,25);7H,4-6H2,1-3H3. The molecule has 1 aliphatic heterocycles. The predicted octanol–water partition coefficient (Wildman–Crippen LogP) is 5.88. The maximum absolute atomic E-state index is 11.2. The number of nitrogens with one attached hydrogen (secondary N) is 3. The number of esters is 1. The van der Waals surface area contributed by atoms with Crippen LogP contribution in [-0.2, 0) is 16.1 Å². The molecule has 39 heavy (non-hydrogen) atoms. The van der Waals surface area contributed by atoms with Gasteiger partial charge in [-0.3, -0.25) is 4.79 Å². The maximum atomic E-state index is 11.2. The van der Waals surface area contributed by atoms with Crippen LogP contribution in [0, 0.1) is 5.92 Å². The number of aromatic nitrogens is 2. The molecule has 0 amide bonds. The summed E-state index contributed by atoms with van der Waals surface area (Å²) in [4.78, 5) is 20.2. The molecular weight excluding hydrogens is 514 g/mol. The predicted molar refractivity (Wildman–Crippen MR) is 157 cm³/mol. The number of benzene rings is 1. The van der Waals surface area contributed by atoms with Gasteiger partial charge in [0.1, 0.15) is 22.9 Å². The second-order valence-electron chi connectivity index (χ2n) is 9.96. The zero-order chi connectivity index (χ0) is 28.3. The van der Waals surface area contributed by atoms with Gasteiger partial charge < -0.3 is 30.2 Å². The van der Waals surface area contributed by atoms with Crippen molar-refractivity contribution in [2.75, 3.05) is 31.1 Å². The first-order chi connectivity index (χ1) is 18.7. The molecule has 0 radical (unpaired) electrons. The normalized spacial score (nSPS) is 14.5. The topological polar surface area (TPSA) is 107 Å². The van der Waals surface area contributed by atoms with E-state index in [0.29, 0.717) is 11.7 Å². The van der Waals surface area contributed by atoms with Gasteiger partial charge in [0, 0.05) is 54.6 Å². The minimum absolute atomic E-state index is 0.0104. The van der Waals surface area contributed by atoms with E-state index in [1.54, 1.807) is 14.2 Å². The van der Waals surface area contributed by atoms with E-state index in [1.165, 1.54) is 18.2 Å². The molecule has 0 unspecified atom stereocenters. The monoisotopic (exact) mass is 553 g/mol. The minimum atomic E-state index is -0.313. The summed E-state index contributed by atoms with van der Waals surface area (Å²) in [5, 5.41) is 10.5. The van der Waals surface area contributed by atoms with Crippen LogP contribution in [-0.4, -0.2) is 42.0 Å². The Morgan fingerprint density at radius 1 is 1.13 bits per heavy atom. The number of thioether (sulfide) groups is 1. The second-order valence-corrected chi connectivity index (χ2v) is 10.7. The van der Waals surface area contributed by atoms with E-state index >= 15 is 0 Å². The molecule has 3 N–H and O–H groups in total. The van der Waals surface area contributed by atoms with Gasteiger partial charge in [0.25, 0.3) is 0 Å². The lowest BCUT2D eigenvalue weighted by atomic mass is 9.85. The van der Waals surface area contributed by atoms with Crippen LogP contribution >= 0.6 is 11.8 Å². The molecule has 1 aromatic heterocycles. The van der Waals surface area contributed by atoms with Crippen molar-refractivity contribution in [3.8, 4) is 11.5 Å². The van der Waals surface area contributed by atoms with Crippen molar-refractivity contribution in [3.63, 3.8) is 0 Å². The Hall–Kier alpha value is -3.66. The second kappa shape index (κ2) is 14.5.